The molecular formula is C18H30. The minimum Gasteiger partial charge on any atom is -0.103 e. The van der Waals surface area contributed by atoms with E-state index in [1.807, 2.05) is 0 Å². The van der Waals surface area contributed by atoms with E-state index in [1.165, 1.54) is 51.4 Å². The average molecular weight is 246 g/mol. The summed E-state index contributed by atoms with van der Waals surface area (Å²) in [5.74, 6) is 12.9. The van der Waals surface area contributed by atoms with Crippen molar-refractivity contribution in [2.45, 2.75) is 90.9 Å². The molecule has 18 heavy (non-hydrogen) atoms. The molecule has 0 aromatic carbocycles. The van der Waals surface area contributed by atoms with Crippen molar-refractivity contribution in [3.05, 3.63) is 0 Å². The first kappa shape index (κ1) is 17.1. The Hall–Kier alpha value is -0.880. The highest BCUT2D eigenvalue weighted by molar-refractivity contribution is 5.05. The second-order valence-electron chi connectivity index (χ2n) is 4.83. The predicted octanol–water partition coefficient (Wildman–Crippen LogP) is 5.71. The molecule has 0 N–H and O–H groups in total. The molecule has 0 bridgehead atoms. The first-order valence-corrected chi connectivity index (χ1v) is 7.83. The highest BCUT2D eigenvalue weighted by Crippen LogP contribution is 2.02. The topological polar surface area (TPSA) is 0 Å². The molecule has 0 atom stereocenters. The molecule has 0 spiro atoms. The molecule has 0 saturated carbocycles. The van der Waals surface area contributed by atoms with E-state index in [2.05, 4.69) is 37.5 Å². The van der Waals surface area contributed by atoms with Crippen LogP contribution in [0, 0.1) is 23.7 Å². The Labute approximate surface area is 115 Å². The van der Waals surface area contributed by atoms with Crippen LogP contribution in [0.25, 0.3) is 0 Å². The molecule has 0 radical (unpaired) electrons. The van der Waals surface area contributed by atoms with E-state index in [9.17, 15) is 0 Å². The molecule has 102 valence electrons. The lowest BCUT2D eigenvalue weighted by Crippen LogP contribution is -1.75. The highest BCUT2D eigenvalue weighted by atomic mass is 13.9. The van der Waals surface area contributed by atoms with E-state index in [0.29, 0.717) is 0 Å². The first-order valence-electron chi connectivity index (χ1n) is 7.83. The summed E-state index contributed by atoms with van der Waals surface area (Å²) in [4.78, 5) is 0. The van der Waals surface area contributed by atoms with E-state index in [0.717, 1.165) is 25.7 Å². The number of hydrogen-bond acceptors (Lipinski definition) is 0. The van der Waals surface area contributed by atoms with Gasteiger partial charge in [0.15, 0.2) is 0 Å². The van der Waals surface area contributed by atoms with E-state index in [1.54, 1.807) is 0 Å². The van der Waals surface area contributed by atoms with Gasteiger partial charge in [-0.05, 0) is 12.8 Å². The van der Waals surface area contributed by atoms with Crippen molar-refractivity contribution in [2.75, 3.05) is 0 Å². The first-order chi connectivity index (χ1) is 8.91. The van der Waals surface area contributed by atoms with Crippen molar-refractivity contribution in [2.24, 2.45) is 0 Å². The third kappa shape index (κ3) is 15.1. The highest BCUT2D eigenvalue weighted by Gasteiger charge is 1.84. The largest absolute Gasteiger partial charge is 0.103 e. The van der Waals surface area contributed by atoms with Crippen LogP contribution in [-0.2, 0) is 0 Å². The Kier molecular flexibility index (Phi) is 15.3. The van der Waals surface area contributed by atoms with Crippen molar-refractivity contribution < 1.29 is 0 Å². The summed E-state index contributed by atoms with van der Waals surface area (Å²) in [5, 5.41) is 0. The van der Waals surface area contributed by atoms with Gasteiger partial charge in [0.1, 0.15) is 0 Å². The molecule has 0 heteroatoms. The van der Waals surface area contributed by atoms with Gasteiger partial charge in [0.2, 0.25) is 0 Å². The molecule has 0 fully saturated rings. The maximum atomic E-state index is 3.25. The molecule has 0 unspecified atom stereocenters. The van der Waals surface area contributed by atoms with Gasteiger partial charge in [-0.25, -0.2) is 0 Å². The molecule has 0 aliphatic heterocycles. The normalized spacial score (nSPS) is 9.22. The Morgan fingerprint density at radius 3 is 1.22 bits per heavy atom. The van der Waals surface area contributed by atoms with E-state index < -0.39 is 0 Å². The number of rotatable bonds is 9. The number of hydrogen-bond donors (Lipinski definition) is 0. The van der Waals surface area contributed by atoms with E-state index in [-0.39, 0.29) is 0 Å². The standard InChI is InChI=1S/C18H30/c1-3-5-7-9-11-13-15-17-18-16-14-12-10-8-6-4-2/h3-12,17-18H2,1-2H3. The summed E-state index contributed by atoms with van der Waals surface area (Å²) in [5.41, 5.74) is 0. The van der Waals surface area contributed by atoms with Gasteiger partial charge >= 0.3 is 0 Å². The second kappa shape index (κ2) is 16.1. The van der Waals surface area contributed by atoms with Gasteiger partial charge in [-0.2, -0.15) is 0 Å². The zero-order chi connectivity index (χ0) is 13.3. The summed E-state index contributed by atoms with van der Waals surface area (Å²) >= 11 is 0. The monoisotopic (exact) mass is 246 g/mol. The molecule has 0 aliphatic carbocycles. The fourth-order valence-electron chi connectivity index (χ4n) is 1.76. The summed E-state index contributed by atoms with van der Waals surface area (Å²) in [7, 11) is 0. The van der Waals surface area contributed by atoms with Gasteiger partial charge in [0.05, 0.1) is 0 Å². The Morgan fingerprint density at radius 1 is 0.444 bits per heavy atom. The molecule has 0 amide bonds. The van der Waals surface area contributed by atoms with Crippen molar-refractivity contribution in [1.29, 1.82) is 0 Å². The lowest BCUT2D eigenvalue weighted by Gasteiger charge is -1.92. The van der Waals surface area contributed by atoms with Gasteiger partial charge < -0.3 is 0 Å². The summed E-state index contributed by atoms with van der Waals surface area (Å²) in [6.07, 6.45) is 14.6. The van der Waals surface area contributed by atoms with Crippen LogP contribution in [-0.4, -0.2) is 0 Å². The van der Waals surface area contributed by atoms with Crippen LogP contribution < -0.4 is 0 Å². The molecule has 0 heterocycles. The molecule has 0 aliphatic rings. The zero-order valence-corrected chi connectivity index (χ0v) is 12.5. The maximum absolute atomic E-state index is 3.25. The molecular weight excluding hydrogens is 216 g/mol. The molecule has 0 aromatic rings. The van der Waals surface area contributed by atoms with E-state index >= 15 is 0 Å². The Morgan fingerprint density at radius 2 is 0.833 bits per heavy atom. The Balaban J connectivity index is 3.23. The molecule has 0 saturated heterocycles. The second-order valence-corrected chi connectivity index (χ2v) is 4.83. The van der Waals surface area contributed by atoms with Gasteiger partial charge in [0.25, 0.3) is 0 Å². The van der Waals surface area contributed by atoms with Crippen LogP contribution in [0.2, 0.25) is 0 Å². The fourth-order valence-corrected chi connectivity index (χ4v) is 1.76. The summed E-state index contributed by atoms with van der Waals surface area (Å²) < 4.78 is 0. The molecule has 0 aromatic heterocycles. The quantitative estimate of drug-likeness (QED) is 0.361. The summed E-state index contributed by atoms with van der Waals surface area (Å²) in [6, 6.07) is 0. The molecule has 0 rings (SSSR count). The molecule has 0 nitrogen and oxygen atoms in total. The van der Waals surface area contributed by atoms with Gasteiger partial charge in [-0.1, -0.05) is 52.4 Å². The van der Waals surface area contributed by atoms with Crippen LogP contribution in [0.3, 0.4) is 0 Å². The maximum Gasteiger partial charge on any atom is 0.0198 e. The van der Waals surface area contributed by atoms with Crippen molar-refractivity contribution in [3.63, 3.8) is 0 Å². The van der Waals surface area contributed by atoms with Crippen molar-refractivity contribution in [3.8, 4) is 23.7 Å². The number of unbranched alkanes of at least 4 members (excludes halogenated alkanes) is 9. The smallest absolute Gasteiger partial charge is 0.0198 e. The van der Waals surface area contributed by atoms with Gasteiger partial charge in [-0.15, -0.1) is 23.7 Å². The summed E-state index contributed by atoms with van der Waals surface area (Å²) in [6.45, 7) is 4.49. The van der Waals surface area contributed by atoms with E-state index in [4.69, 9.17) is 0 Å². The predicted molar refractivity (Wildman–Crippen MR) is 82.3 cm³/mol. The van der Waals surface area contributed by atoms with Crippen LogP contribution >= 0.6 is 0 Å². The van der Waals surface area contributed by atoms with Gasteiger partial charge in [-0.3, -0.25) is 0 Å². The third-order valence-electron chi connectivity index (χ3n) is 2.94. The SMILES string of the molecule is CCCCCCC#CCCC#CCCCCCC. The Bertz CT molecular complexity index is 236. The van der Waals surface area contributed by atoms with Gasteiger partial charge in [0, 0.05) is 25.7 Å². The fraction of sp³-hybridized carbons (Fsp3) is 0.778. The lowest BCUT2D eigenvalue weighted by atomic mass is 10.1. The van der Waals surface area contributed by atoms with Crippen LogP contribution in [0.15, 0.2) is 0 Å². The lowest BCUT2D eigenvalue weighted by molar-refractivity contribution is 0.679. The van der Waals surface area contributed by atoms with Crippen LogP contribution in [0.5, 0.6) is 0 Å². The third-order valence-corrected chi connectivity index (χ3v) is 2.94. The average Bonchev–Trinajstić information content (AvgIpc) is 2.39. The zero-order valence-electron chi connectivity index (χ0n) is 12.5. The van der Waals surface area contributed by atoms with Crippen LogP contribution in [0.1, 0.15) is 90.9 Å². The van der Waals surface area contributed by atoms with Crippen molar-refractivity contribution >= 4 is 0 Å². The minimum absolute atomic E-state index is 0.954. The van der Waals surface area contributed by atoms with Crippen LogP contribution in [0.4, 0.5) is 0 Å². The minimum atomic E-state index is 0.954. The van der Waals surface area contributed by atoms with Crippen molar-refractivity contribution in [1.82, 2.24) is 0 Å².